The lowest BCUT2D eigenvalue weighted by atomic mass is 9.92. The number of nitrogens with one attached hydrogen (secondary N) is 1. The highest BCUT2D eigenvalue weighted by Gasteiger charge is 2.42. The number of fused-ring (bicyclic) bond motifs is 1. The molecule has 3 heterocycles. The molecule has 3 aliphatic heterocycles. The van der Waals surface area contributed by atoms with Crippen LogP contribution in [0, 0.1) is 11.7 Å². The van der Waals surface area contributed by atoms with E-state index in [0.29, 0.717) is 31.0 Å². The summed E-state index contributed by atoms with van der Waals surface area (Å²) in [5, 5.41) is 2.61. The smallest absolute Gasteiger partial charge is 0.414 e. The monoisotopic (exact) mass is 476 g/mol. The molecule has 0 saturated carbocycles. The molecule has 1 N–H and O–H groups in total. The number of nitrogens with zero attached hydrogens (tertiary/aromatic N) is 3. The molecule has 0 spiro atoms. The number of halogens is 1. The summed E-state index contributed by atoms with van der Waals surface area (Å²) in [6, 6.07) is 4.55. The van der Waals surface area contributed by atoms with E-state index in [0.717, 1.165) is 12.8 Å². The van der Waals surface area contributed by atoms with Gasteiger partial charge in [0.1, 0.15) is 11.9 Å². The van der Waals surface area contributed by atoms with Crippen LogP contribution in [-0.2, 0) is 23.9 Å². The summed E-state index contributed by atoms with van der Waals surface area (Å²) in [5.74, 6) is -1.21. The quantitative estimate of drug-likeness (QED) is 0.616. The largest absolute Gasteiger partial charge is 0.456 e. The van der Waals surface area contributed by atoms with Gasteiger partial charge in [0.2, 0.25) is 5.91 Å². The van der Waals surface area contributed by atoms with Crippen LogP contribution in [0.3, 0.4) is 0 Å². The Bertz CT molecular complexity index is 988. The zero-order chi connectivity index (χ0) is 24.4. The first-order chi connectivity index (χ1) is 16.2. The Labute approximate surface area is 196 Å². The maximum Gasteiger partial charge on any atom is 0.414 e. The molecule has 3 amide bonds. The van der Waals surface area contributed by atoms with Gasteiger partial charge in [-0.1, -0.05) is 0 Å². The molecule has 3 aliphatic rings. The fourth-order valence-electron chi connectivity index (χ4n) is 4.95. The van der Waals surface area contributed by atoms with E-state index in [4.69, 9.17) is 9.47 Å². The second-order valence-electron chi connectivity index (χ2n) is 8.93. The lowest BCUT2D eigenvalue weighted by molar-refractivity contribution is -0.152. The van der Waals surface area contributed by atoms with Gasteiger partial charge >= 0.3 is 12.1 Å². The van der Waals surface area contributed by atoms with E-state index >= 15 is 4.39 Å². The molecule has 3 fully saturated rings. The first-order valence-corrected chi connectivity index (χ1v) is 11.4. The second kappa shape index (κ2) is 9.86. The third-order valence-corrected chi connectivity index (χ3v) is 6.54. The van der Waals surface area contributed by atoms with Crippen molar-refractivity contribution in [3.8, 4) is 0 Å². The van der Waals surface area contributed by atoms with Crippen LogP contribution in [-0.4, -0.2) is 80.3 Å². The van der Waals surface area contributed by atoms with Crippen LogP contribution >= 0.6 is 0 Å². The van der Waals surface area contributed by atoms with Gasteiger partial charge in [-0.05, 0) is 37.0 Å². The average molecular weight is 477 g/mol. The van der Waals surface area contributed by atoms with Gasteiger partial charge < -0.3 is 24.6 Å². The molecule has 3 atom stereocenters. The van der Waals surface area contributed by atoms with Gasteiger partial charge in [-0.15, -0.1) is 0 Å². The van der Waals surface area contributed by atoms with Crippen molar-refractivity contribution in [3.63, 3.8) is 0 Å². The SMILES string of the molecule is CC(=O)NC[C@H]1CN(c2ccc(N3CC4CCCN(C(=O)COC(C)=O)[C@@H]4C3)c(F)c2)C(=O)O1. The summed E-state index contributed by atoms with van der Waals surface area (Å²) < 4.78 is 25.3. The first-order valence-electron chi connectivity index (χ1n) is 11.4. The van der Waals surface area contributed by atoms with Crippen molar-refractivity contribution in [1.82, 2.24) is 10.2 Å². The van der Waals surface area contributed by atoms with Gasteiger partial charge in [0.25, 0.3) is 5.91 Å². The molecule has 0 aliphatic carbocycles. The zero-order valence-corrected chi connectivity index (χ0v) is 19.3. The van der Waals surface area contributed by atoms with Crippen LogP contribution in [0.5, 0.6) is 0 Å². The van der Waals surface area contributed by atoms with Gasteiger partial charge in [-0.25, -0.2) is 9.18 Å². The fourth-order valence-corrected chi connectivity index (χ4v) is 4.95. The Morgan fingerprint density at radius 1 is 1.21 bits per heavy atom. The molecule has 10 nitrogen and oxygen atoms in total. The molecule has 4 rings (SSSR count). The highest BCUT2D eigenvalue weighted by molar-refractivity contribution is 5.90. The minimum Gasteiger partial charge on any atom is -0.456 e. The first kappa shape index (κ1) is 23.8. The molecule has 34 heavy (non-hydrogen) atoms. The maximum absolute atomic E-state index is 15.2. The van der Waals surface area contributed by atoms with Gasteiger partial charge in [0.05, 0.1) is 30.5 Å². The molecule has 1 aromatic rings. The van der Waals surface area contributed by atoms with Crippen LogP contribution in [0.1, 0.15) is 26.7 Å². The summed E-state index contributed by atoms with van der Waals surface area (Å²) >= 11 is 0. The third kappa shape index (κ3) is 5.07. The molecule has 1 unspecified atom stereocenters. The summed E-state index contributed by atoms with van der Waals surface area (Å²) in [7, 11) is 0. The normalized spacial score (nSPS) is 24.0. The molecular weight excluding hydrogens is 447 g/mol. The van der Waals surface area contributed by atoms with Crippen LogP contribution in [0.25, 0.3) is 0 Å². The Balaban J connectivity index is 1.42. The van der Waals surface area contributed by atoms with E-state index in [1.165, 1.54) is 24.8 Å². The van der Waals surface area contributed by atoms with Crippen molar-refractivity contribution in [1.29, 1.82) is 0 Å². The number of piperidine rings is 1. The highest BCUT2D eigenvalue weighted by Crippen LogP contribution is 2.36. The second-order valence-corrected chi connectivity index (χ2v) is 8.93. The summed E-state index contributed by atoms with van der Waals surface area (Å²) in [5.41, 5.74) is 0.791. The van der Waals surface area contributed by atoms with E-state index in [1.807, 2.05) is 4.90 Å². The number of hydrogen-bond acceptors (Lipinski definition) is 7. The lowest BCUT2D eigenvalue weighted by Gasteiger charge is -2.36. The lowest BCUT2D eigenvalue weighted by Crippen LogP contribution is -2.49. The molecule has 1 aromatic carbocycles. The predicted octanol–water partition coefficient (Wildman–Crippen LogP) is 1.28. The van der Waals surface area contributed by atoms with Gasteiger partial charge in [0, 0.05) is 33.5 Å². The molecule has 184 valence electrons. The number of anilines is 2. The molecule has 0 aromatic heterocycles. The van der Waals surface area contributed by atoms with E-state index in [9.17, 15) is 19.2 Å². The zero-order valence-electron chi connectivity index (χ0n) is 19.3. The van der Waals surface area contributed by atoms with Gasteiger partial charge in [-0.2, -0.15) is 0 Å². The molecule has 11 heteroatoms. The average Bonchev–Trinajstić information content (AvgIpc) is 3.39. The number of likely N-dealkylation sites (tertiary alicyclic amines) is 1. The van der Waals surface area contributed by atoms with E-state index in [1.54, 1.807) is 17.0 Å². The van der Waals surface area contributed by atoms with Crippen molar-refractivity contribution in [2.45, 2.75) is 38.8 Å². The minimum absolute atomic E-state index is 0.0704. The summed E-state index contributed by atoms with van der Waals surface area (Å²) in [6.07, 6.45) is 0.694. The van der Waals surface area contributed by atoms with E-state index < -0.39 is 24.0 Å². The number of esters is 1. The Kier molecular flexibility index (Phi) is 6.90. The van der Waals surface area contributed by atoms with E-state index in [2.05, 4.69) is 5.32 Å². The van der Waals surface area contributed by atoms with Gasteiger partial charge in [-0.3, -0.25) is 19.3 Å². The van der Waals surface area contributed by atoms with Crippen LogP contribution in [0.4, 0.5) is 20.6 Å². The van der Waals surface area contributed by atoms with Crippen molar-refractivity contribution in [2.75, 3.05) is 49.1 Å². The fraction of sp³-hybridized carbons (Fsp3) is 0.565. The predicted molar refractivity (Wildman–Crippen MR) is 120 cm³/mol. The number of carbonyl (C=O) groups is 4. The standard InChI is InChI=1S/C23H29FN4O6/c1-14(29)25-9-18-11-28(23(32)34-18)17-5-6-20(19(24)8-17)26-10-16-4-3-7-27(21(16)12-26)22(31)13-33-15(2)30/h5-6,8,16,18,21H,3-4,7,9-13H2,1-2H3,(H,25,29)/t16?,18-,21+/m0/s1. The number of hydrogen-bond donors (Lipinski definition) is 1. The molecular formula is C23H29FN4O6. The minimum atomic E-state index is -0.586. The Morgan fingerprint density at radius 3 is 2.71 bits per heavy atom. The number of benzene rings is 1. The van der Waals surface area contributed by atoms with Crippen molar-refractivity contribution < 1.29 is 33.0 Å². The van der Waals surface area contributed by atoms with Crippen LogP contribution < -0.4 is 15.1 Å². The van der Waals surface area contributed by atoms with Gasteiger partial charge in [0.15, 0.2) is 6.61 Å². The maximum atomic E-state index is 15.2. The number of cyclic esters (lactones) is 1. The molecule has 3 saturated heterocycles. The number of carbonyl (C=O) groups excluding carboxylic acids is 4. The van der Waals surface area contributed by atoms with Crippen molar-refractivity contribution in [3.05, 3.63) is 24.0 Å². The third-order valence-electron chi connectivity index (χ3n) is 6.54. The van der Waals surface area contributed by atoms with Crippen molar-refractivity contribution in [2.24, 2.45) is 5.92 Å². The van der Waals surface area contributed by atoms with Crippen LogP contribution in [0.2, 0.25) is 0 Å². The number of rotatable bonds is 6. The number of amides is 3. The Hall–Kier alpha value is -3.37. The molecule has 0 bridgehead atoms. The topological polar surface area (TPSA) is 108 Å². The Morgan fingerprint density at radius 2 is 2.00 bits per heavy atom. The van der Waals surface area contributed by atoms with Crippen LogP contribution in [0.15, 0.2) is 18.2 Å². The van der Waals surface area contributed by atoms with E-state index in [-0.39, 0.29) is 43.5 Å². The summed E-state index contributed by atoms with van der Waals surface area (Å²) in [4.78, 5) is 52.0. The summed E-state index contributed by atoms with van der Waals surface area (Å²) in [6.45, 7) is 4.46. The number of ether oxygens (including phenoxy) is 2. The molecule has 0 radical (unpaired) electrons. The highest BCUT2D eigenvalue weighted by atomic mass is 19.1. The van der Waals surface area contributed by atoms with Crippen molar-refractivity contribution >= 4 is 35.3 Å².